The molecule has 0 atom stereocenters. The highest BCUT2D eigenvalue weighted by molar-refractivity contribution is 7.99. The van der Waals surface area contributed by atoms with E-state index in [1.165, 1.54) is 28.7 Å². The lowest BCUT2D eigenvalue weighted by Crippen LogP contribution is -2.15. The van der Waals surface area contributed by atoms with Crippen LogP contribution >= 0.6 is 11.8 Å². The Morgan fingerprint density at radius 2 is 2.06 bits per heavy atom. The maximum Gasteiger partial charge on any atom is 0.436 e. The first-order chi connectivity index (χ1) is 8.34. The Hall–Kier alpha value is -1.75. The number of fused-ring (bicyclic) bond motifs is 1. The fourth-order valence-corrected chi connectivity index (χ4v) is 2.85. The van der Waals surface area contributed by atoms with Crippen molar-refractivity contribution in [2.24, 2.45) is 0 Å². The molecule has 3 rings (SSSR count). The third-order valence-corrected chi connectivity index (χ3v) is 3.88. The van der Waals surface area contributed by atoms with Crippen molar-refractivity contribution in [3.05, 3.63) is 42.0 Å². The minimum absolute atomic E-state index is 0.694. The Morgan fingerprint density at radius 3 is 2.88 bits per heavy atom. The van der Waals surface area contributed by atoms with Crippen molar-refractivity contribution in [3.63, 3.8) is 0 Å². The summed E-state index contributed by atoms with van der Waals surface area (Å²) < 4.78 is 2.04. The largest absolute Gasteiger partial charge is 0.436 e. The Morgan fingerprint density at radius 1 is 1.24 bits per heavy atom. The predicted molar refractivity (Wildman–Crippen MR) is 66.8 cm³/mol. The molecule has 1 aliphatic rings. The molecule has 2 heterocycles. The van der Waals surface area contributed by atoms with Crippen molar-refractivity contribution in [2.45, 2.75) is 11.8 Å². The van der Waals surface area contributed by atoms with Crippen LogP contribution < -0.4 is 0 Å². The molecule has 0 aliphatic carbocycles. The number of nitrogens with zero attached hydrogens (tertiary/aromatic N) is 4. The predicted octanol–water partition coefficient (Wildman–Crippen LogP) is 2.01. The minimum Gasteiger partial charge on any atom is -0.222 e. The lowest BCUT2D eigenvalue weighted by Gasteiger charge is -2.15. The highest BCUT2D eigenvalue weighted by Gasteiger charge is 2.18. The lowest BCUT2D eigenvalue weighted by atomic mass is 10.1. The second-order valence-corrected chi connectivity index (χ2v) is 4.76. The molecular weight excluding hydrogens is 232 g/mol. The zero-order valence-electron chi connectivity index (χ0n) is 9.37. The van der Waals surface area contributed by atoms with E-state index in [1.54, 1.807) is 0 Å². The fraction of sp³-hybridized carbons (Fsp3) is 0.167. The average Bonchev–Trinajstić information content (AvgIpc) is 2.40. The Bertz CT molecular complexity index is 580. The second kappa shape index (κ2) is 4.25. The van der Waals surface area contributed by atoms with Crippen molar-refractivity contribution in [2.75, 3.05) is 5.88 Å². The number of rotatable bonds is 1. The Labute approximate surface area is 103 Å². The van der Waals surface area contributed by atoms with Gasteiger partial charge in [0.05, 0.1) is 6.21 Å². The van der Waals surface area contributed by atoms with Crippen LogP contribution in [0.2, 0.25) is 0 Å². The highest BCUT2D eigenvalue weighted by Crippen LogP contribution is 2.29. The quantitative estimate of drug-likeness (QED) is 0.718. The lowest BCUT2D eigenvalue weighted by molar-refractivity contribution is -0.420. The standard InChI is InChI=1S/C12H11N4S/c1-9-3-2-4-10-5-16(8-17-11(9)10)12-14-6-13-7-15-12/h2-7H,8H2,1H3/q+1. The molecular formula is C12H11N4S+. The minimum atomic E-state index is 0.694. The maximum absolute atomic E-state index is 4.16. The maximum atomic E-state index is 4.16. The molecule has 2 aromatic rings. The van der Waals surface area contributed by atoms with E-state index in [4.69, 9.17) is 0 Å². The van der Waals surface area contributed by atoms with Crippen LogP contribution in [0.5, 0.6) is 0 Å². The average molecular weight is 243 g/mol. The molecule has 1 aliphatic heterocycles. The number of hydrogen-bond acceptors (Lipinski definition) is 4. The zero-order valence-corrected chi connectivity index (χ0v) is 10.2. The van der Waals surface area contributed by atoms with E-state index in [0.29, 0.717) is 5.95 Å². The van der Waals surface area contributed by atoms with E-state index in [2.05, 4.69) is 46.3 Å². The van der Waals surface area contributed by atoms with Crippen LogP contribution in [0.1, 0.15) is 11.1 Å². The van der Waals surface area contributed by atoms with Crippen LogP contribution in [-0.4, -0.2) is 31.6 Å². The fourth-order valence-electron chi connectivity index (χ4n) is 1.81. The molecule has 0 bridgehead atoms. The van der Waals surface area contributed by atoms with Gasteiger partial charge in [0.2, 0.25) is 0 Å². The Balaban J connectivity index is 2.07. The summed E-state index contributed by atoms with van der Waals surface area (Å²) in [7, 11) is 0. The van der Waals surface area contributed by atoms with E-state index in [9.17, 15) is 0 Å². The first kappa shape index (κ1) is 10.4. The zero-order chi connectivity index (χ0) is 11.7. The normalized spacial score (nSPS) is 14.1. The molecule has 1 aromatic carbocycles. The van der Waals surface area contributed by atoms with Gasteiger partial charge in [-0.05, 0) is 12.5 Å². The van der Waals surface area contributed by atoms with E-state index >= 15 is 0 Å². The summed E-state index contributed by atoms with van der Waals surface area (Å²) in [5.74, 6) is 1.53. The summed E-state index contributed by atoms with van der Waals surface area (Å²) in [5, 5.41) is 0. The summed E-state index contributed by atoms with van der Waals surface area (Å²) in [4.78, 5) is 13.5. The number of benzene rings is 1. The van der Waals surface area contributed by atoms with Crippen LogP contribution in [0, 0.1) is 6.92 Å². The van der Waals surface area contributed by atoms with Gasteiger partial charge < -0.3 is 0 Å². The van der Waals surface area contributed by atoms with E-state index in [-0.39, 0.29) is 0 Å². The van der Waals surface area contributed by atoms with Crippen molar-refractivity contribution >= 4 is 23.9 Å². The number of thioether (sulfide) groups is 1. The van der Waals surface area contributed by atoms with Crippen molar-refractivity contribution in [3.8, 4) is 0 Å². The molecule has 0 unspecified atom stereocenters. The molecule has 17 heavy (non-hydrogen) atoms. The van der Waals surface area contributed by atoms with Crippen LogP contribution in [0.25, 0.3) is 0 Å². The first-order valence-corrected chi connectivity index (χ1v) is 6.29. The van der Waals surface area contributed by atoms with Gasteiger partial charge in [-0.3, -0.25) is 0 Å². The highest BCUT2D eigenvalue weighted by atomic mass is 32.2. The van der Waals surface area contributed by atoms with Crippen molar-refractivity contribution < 1.29 is 4.58 Å². The van der Waals surface area contributed by atoms with Gasteiger partial charge in [0.25, 0.3) is 0 Å². The van der Waals surface area contributed by atoms with Crippen LogP contribution in [0.3, 0.4) is 0 Å². The Kier molecular flexibility index (Phi) is 2.60. The number of hydrogen-bond donors (Lipinski definition) is 0. The van der Waals surface area contributed by atoms with E-state index < -0.39 is 0 Å². The van der Waals surface area contributed by atoms with Crippen molar-refractivity contribution in [1.29, 1.82) is 0 Å². The smallest absolute Gasteiger partial charge is 0.222 e. The second-order valence-electron chi connectivity index (χ2n) is 3.80. The van der Waals surface area contributed by atoms with Crippen molar-refractivity contribution in [1.82, 2.24) is 15.0 Å². The molecule has 0 fully saturated rings. The van der Waals surface area contributed by atoms with Gasteiger partial charge in [-0.1, -0.05) is 39.9 Å². The third-order valence-electron chi connectivity index (χ3n) is 2.62. The molecule has 4 nitrogen and oxygen atoms in total. The molecule has 0 amide bonds. The summed E-state index contributed by atoms with van der Waals surface area (Å²) in [5.41, 5.74) is 2.54. The molecule has 0 saturated carbocycles. The van der Waals surface area contributed by atoms with Gasteiger partial charge >= 0.3 is 5.95 Å². The SMILES string of the molecule is Cc1cccc2c1SC[N+](c1ncncn1)=C2. The molecule has 0 N–H and O–H groups in total. The first-order valence-electron chi connectivity index (χ1n) is 5.30. The van der Waals surface area contributed by atoms with E-state index in [0.717, 1.165) is 5.88 Å². The number of aromatic nitrogens is 3. The molecule has 0 spiro atoms. The molecule has 5 heteroatoms. The van der Waals surface area contributed by atoms with Gasteiger partial charge in [-0.25, -0.2) is 4.58 Å². The summed E-state index contributed by atoms with van der Waals surface area (Å²) in [6.07, 6.45) is 5.13. The third kappa shape index (κ3) is 1.93. The molecule has 1 aromatic heterocycles. The van der Waals surface area contributed by atoms with Gasteiger partial charge in [0, 0.05) is 10.5 Å². The van der Waals surface area contributed by atoms with Crippen LogP contribution in [0.4, 0.5) is 5.95 Å². The van der Waals surface area contributed by atoms with Gasteiger partial charge in [0.1, 0.15) is 5.88 Å². The topological polar surface area (TPSA) is 41.7 Å². The van der Waals surface area contributed by atoms with Crippen LogP contribution in [-0.2, 0) is 0 Å². The monoisotopic (exact) mass is 243 g/mol. The molecule has 0 radical (unpaired) electrons. The summed E-state index contributed by atoms with van der Waals surface area (Å²) in [6.45, 7) is 2.14. The summed E-state index contributed by atoms with van der Waals surface area (Å²) in [6, 6.07) is 6.32. The van der Waals surface area contributed by atoms with E-state index in [1.807, 2.05) is 16.3 Å². The van der Waals surface area contributed by atoms with Crippen LogP contribution in [0.15, 0.2) is 35.7 Å². The van der Waals surface area contributed by atoms with Gasteiger partial charge in [-0.2, -0.15) is 4.98 Å². The number of aryl methyl sites for hydroxylation is 1. The molecule has 0 saturated heterocycles. The van der Waals surface area contributed by atoms with Gasteiger partial charge in [-0.15, -0.1) is 0 Å². The molecule has 84 valence electrons. The van der Waals surface area contributed by atoms with Gasteiger partial charge in [0.15, 0.2) is 12.7 Å². The summed E-state index contributed by atoms with van der Waals surface area (Å²) >= 11 is 1.81.